The number of carbonyl (C=O) groups excluding carboxylic acids is 3. The summed E-state index contributed by atoms with van der Waals surface area (Å²) in [6.45, 7) is -0.242. The van der Waals surface area contributed by atoms with Crippen LogP contribution in [0.4, 0.5) is 5.69 Å². The fourth-order valence-electron chi connectivity index (χ4n) is 3.62. The third kappa shape index (κ3) is 6.07. The van der Waals surface area contributed by atoms with Crippen molar-refractivity contribution in [1.29, 1.82) is 0 Å². The van der Waals surface area contributed by atoms with Crippen LogP contribution in [0.2, 0.25) is 10.0 Å². The molecule has 0 spiro atoms. The molecule has 1 aliphatic carbocycles. The summed E-state index contributed by atoms with van der Waals surface area (Å²) in [6, 6.07) is 6.50. The van der Waals surface area contributed by atoms with Gasteiger partial charge in [-0.25, -0.2) is 9.59 Å². The molecule has 34 heavy (non-hydrogen) atoms. The molecule has 1 aromatic heterocycles. The van der Waals surface area contributed by atoms with E-state index in [0.29, 0.717) is 29.7 Å². The largest absolute Gasteiger partial charge is 0.480 e. The van der Waals surface area contributed by atoms with E-state index in [0.717, 1.165) is 18.4 Å². The molecule has 0 saturated carbocycles. The molecule has 1 aliphatic rings. The maximum Gasteiger partial charge on any atom is 0.343 e. The van der Waals surface area contributed by atoms with E-state index in [2.05, 4.69) is 9.72 Å². The minimum Gasteiger partial charge on any atom is -0.480 e. The predicted molar refractivity (Wildman–Crippen MR) is 127 cm³/mol. The summed E-state index contributed by atoms with van der Waals surface area (Å²) in [4.78, 5) is 43.3. The average Bonchev–Trinajstić information content (AvgIpc) is 2.86. The lowest BCUT2D eigenvalue weighted by Crippen LogP contribution is -2.34. The Bertz CT molecular complexity index is 1100. The molecule has 180 valence electrons. The second-order valence-electron chi connectivity index (χ2n) is 7.51. The van der Waals surface area contributed by atoms with E-state index in [1.807, 2.05) is 6.07 Å². The summed E-state index contributed by atoms with van der Waals surface area (Å²) in [7, 11) is 2.53. The molecule has 1 aromatic carbocycles. The van der Waals surface area contributed by atoms with Gasteiger partial charge in [0.05, 0.1) is 36.5 Å². The number of benzene rings is 1. The Hall–Kier alpha value is -3.10. The van der Waals surface area contributed by atoms with Crippen LogP contribution in [0.3, 0.4) is 0 Å². The molecule has 3 rings (SSSR count). The lowest BCUT2D eigenvalue weighted by atomic mass is 9.90. The molecule has 0 fully saturated rings. The number of methoxy groups -OCH3 is 2. The topological polar surface area (TPSA) is 95.0 Å². The number of amides is 1. The van der Waals surface area contributed by atoms with Crippen LogP contribution < -0.4 is 9.64 Å². The Labute approximate surface area is 207 Å². The molecule has 0 aliphatic heterocycles. The Kier molecular flexibility index (Phi) is 8.90. The first-order valence-corrected chi connectivity index (χ1v) is 11.3. The minimum absolute atomic E-state index is 0.127. The maximum atomic E-state index is 13.8. The van der Waals surface area contributed by atoms with Gasteiger partial charge in [-0.2, -0.15) is 0 Å². The number of aromatic nitrogens is 1. The predicted octanol–water partition coefficient (Wildman–Crippen LogP) is 4.52. The van der Waals surface area contributed by atoms with Crippen LogP contribution in [0.5, 0.6) is 5.75 Å². The van der Waals surface area contributed by atoms with Crippen LogP contribution in [0.15, 0.2) is 47.8 Å². The van der Waals surface area contributed by atoms with Gasteiger partial charge in [0, 0.05) is 29.6 Å². The summed E-state index contributed by atoms with van der Waals surface area (Å²) in [6.07, 6.45) is 5.71. The number of hydrogen-bond donors (Lipinski definition) is 0. The van der Waals surface area contributed by atoms with Gasteiger partial charge in [-0.05, 0) is 43.4 Å². The second kappa shape index (κ2) is 11.9. The fourth-order valence-corrected chi connectivity index (χ4v) is 4.16. The Balaban J connectivity index is 2.08. The average molecular weight is 507 g/mol. The van der Waals surface area contributed by atoms with Crippen LogP contribution in [-0.2, 0) is 30.4 Å². The Morgan fingerprint density at radius 1 is 1.03 bits per heavy atom. The van der Waals surface area contributed by atoms with Crippen molar-refractivity contribution in [2.45, 2.75) is 32.2 Å². The second-order valence-corrected chi connectivity index (χ2v) is 8.32. The lowest BCUT2D eigenvalue weighted by molar-refractivity contribution is -0.143. The van der Waals surface area contributed by atoms with Gasteiger partial charge in [0.25, 0.3) is 5.91 Å². The van der Waals surface area contributed by atoms with Crippen LogP contribution in [0, 0.1) is 0 Å². The third-order valence-corrected chi connectivity index (χ3v) is 5.93. The van der Waals surface area contributed by atoms with Crippen molar-refractivity contribution in [2.24, 2.45) is 0 Å². The number of carbonyl (C=O) groups is 3. The van der Waals surface area contributed by atoms with Gasteiger partial charge in [0.15, 0.2) is 6.61 Å². The highest BCUT2D eigenvalue weighted by molar-refractivity contribution is 6.37. The molecule has 0 N–H and O–H groups in total. The summed E-state index contributed by atoms with van der Waals surface area (Å²) in [5, 5.41) is 0.363. The van der Waals surface area contributed by atoms with E-state index in [9.17, 15) is 14.4 Å². The van der Waals surface area contributed by atoms with Gasteiger partial charge >= 0.3 is 11.9 Å². The third-order valence-electron chi connectivity index (χ3n) is 5.33. The van der Waals surface area contributed by atoms with Crippen LogP contribution >= 0.6 is 23.2 Å². The number of halogens is 2. The van der Waals surface area contributed by atoms with Gasteiger partial charge in [0.1, 0.15) is 5.75 Å². The lowest BCUT2D eigenvalue weighted by Gasteiger charge is -2.28. The number of hydrogen-bond acceptors (Lipinski definition) is 7. The Morgan fingerprint density at radius 3 is 2.41 bits per heavy atom. The van der Waals surface area contributed by atoms with E-state index >= 15 is 0 Å². The number of anilines is 1. The first-order valence-electron chi connectivity index (χ1n) is 10.6. The van der Waals surface area contributed by atoms with Crippen molar-refractivity contribution >= 4 is 46.7 Å². The van der Waals surface area contributed by atoms with Crippen LogP contribution in [0.1, 0.15) is 31.2 Å². The van der Waals surface area contributed by atoms with Crippen LogP contribution in [-0.4, -0.2) is 43.7 Å². The number of ether oxygens (including phenoxy) is 3. The highest BCUT2D eigenvalue weighted by atomic mass is 35.5. The monoisotopic (exact) mass is 506 g/mol. The summed E-state index contributed by atoms with van der Waals surface area (Å²) < 4.78 is 15.0. The summed E-state index contributed by atoms with van der Waals surface area (Å²) >= 11 is 12.8. The van der Waals surface area contributed by atoms with Crippen molar-refractivity contribution in [1.82, 2.24) is 4.98 Å². The van der Waals surface area contributed by atoms with Gasteiger partial charge in [0.2, 0.25) is 0 Å². The zero-order chi connectivity index (χ0) is 24.7. The zero-order valence-corrected chi connectivity index (χ0v) is 20.3. The summed E-state index contributed by atoms with van der Waals surface area (Å²) in [5.41, 5.74) is 1.80. The molecule has 1 amide bonds. The van der Waals surface area contributed by atoms with E-state index in [4.69, 9.17) is 32.7 Å². The fraction of sp³-hybridized carbons (Fsp3) is 0.333. The minimum atomic E-state index is -0.592. The van der Waals surface area contributed by atoms with E-state index in [1.165, 1.54) is 31.3 Å². The number of nitrogens with zero attached hydrogens (tertiary/aromatic N) is 2. The highest BCUT2D eigenvalue weighted by Gasteiger charge is 2.30. The van der Waals surface area contributed by atoms with Gasteiger partial charge in [-0.1, -0.05) is 29.3 Å². The molecule has 1 heterocycles. The first kappa shape index (κ1) is 25.5. The number of pyridine rings is 1. The molecule has 0 atom stereocenters. The van der Waals surface area contributed by atoms with Crippen molar-refractivity contribution in [2.75, 3.05) is 25.7 Å². The zero-order valence-electron chi connectivity index (χ0n) is 18.8. The van der Waals surface area contributed by atoms with E-state index in [-0.39, 0.29) is 34.9 Å². The highest BCUT2D eigenvalue weighted by Crippen LogP contribution is 2.39. The molecule has 0 bridgehead atoms. The molecule has 2 aromatic rings. The molecule has 0 radical (unpaired) electrons. The van der Waals surface area contributed by atoms with Gasteiger partial charge in [-0.3, -0.25) is 9.78 Å². The molecule has 8 nitrogen and oxygen atoms in total. The molecule has 0 unspecified atom stereocenters. The number of rotatable bonds is 8. The molecular formula is C24H24Cl2N2O6. The van der Waals surface area contributed by atoms with E-state index < -0.39 is 11.9 Å². The normalized spacial score (nSPS) is 13.3. The molecule has 10 heteroatoms. The Morgan fingerprint density at radius 2 is 1.76 bits per heavy atom. The van der Waals surface area contributed by atoms with E-state index in [1.54, 1.807) is 18.5 Å². The van der Waals surface area contributed by atoms with Gasteiger partial charge in [-0.15, -0.1) is 0 Å². The molecular weight excluding hydrogens is 483 g/mol. The number of esters is 2. The standard InChI is InChI=1S/C24H24Cl2N2O6/c1-32-22(29)14-34-21-11-20(18(25)10-19(21)26)28(13-15-6-5-9-27-12-15)23(30)16-7-3-4-8-17(16)24(31)33-2/h5-6,9-12H,3-4,7-8,13-14H2,1-2H3. The summed E-state index contributed by atoms with van der Waals surface area (Å²) in [5.74, 6) is -1.34. The van der Waals surface area contributed by atoms with Crippen LogP contribution in [0.25, 0.3) is 0 Å². The SMILES string of the molecule is COC(=O)COc1cc(N(Cc2cccnc2)C(=O)C2=C(C(=O)OC)CCCC2)c(Cl)cc1Cl. The van der Waals surface area contributed by atoms with Crippen molar-refractivity contribution in [3.05, 3.63) is 63.4 Å². The van der Waals surface area contributed by atoms with Crippen molar-refractivity contribution < 1.29 is 28.6 Å². The quantitative estimate of drug-likeness (QED) is 0.485. The van der Waals surface area contributed by atoms with Crippen molar-refractivity contribution in [3.8, 4) is 5.75 Å². The van der Waals surface area contributed by atoms with Crippen molar-refractivity contribution in [3.63, 3.8) is 0 Å². The smallest absolute Gasteiger partial charge is 0.343 e. The molecule has 0 saturated heterocycles. The van der Waals surface area contributed by atoms with Gasteiger partial charge < -0.3 is 19.1 Å². The maximum absolute atomic E-state index is 13.8. The first-order chi connectivity index (χ1) is 16.3.